The Labute approximate surface area is 204 Å². The number of hydrogen-bond donors (Lipinski definition) is 2. The molecule has 0 spiro atoms. The summed E-state index contributed by atoms with van der Waals surface area (Å²) in [6.45, 7) is 6.27. The van der Waals surface area contributed by atoms with Crippen LogP contribution in [0.3, 0.4) is 0 Å². The second-order valence-electron chi connectivity index (χ2n) is 9.28. The quantitative estimate of drug-likeness (QED) is 0.394. The van der Waals surface area contributed by atoms with Gasteiger partial charge in [0.05, 0.1) is 0 Å². The molecule has 1 aliphatic rings. The third-order valence-corrected chi connectivity index (χ3v) is 6.29. The maximum atomic E-state index is 13.4. The number of carbonyl (C=O) groups excluding carboxylic acids is 2. The van der Waals surface area contributed by atoms with Crippen molar-refractivity contribution in [3.8, 4) is 11.5 Å². The van der Waals surface area contributed by atoms with Gasteiger partial charge in [-0.15, -0.1) is 11.8 Å². The van der Waals surface area contributed by atoms with Crippen molar-refractivity contribution < 1.29 is 19.1 Å². The third-order valence-electron chi connectivity index (χ3n) is 5.04. The van der Waals surface area contributed by atoms with Gasteiger partial charge in [0.25, 0.3) is 0 Å². The first-order valence-electron chi connectivity index (χ1n) is 11.1. The molecule has 0 saturated heterocycles. The highest BCUT2D eigenvalue weighted by Gasteiger charge is 2.24. The van der Waals surface area contributed by atoms with E-state index in [4.69, 9.17) is 9.47 Å². The lowest BCUT2D eigenvalue weighted by Gasteiger charge is -2.19. The van der Waals surface area contributed by atoms with Crippen LogP contribution in [-0.2, 0) is 9.59 Å². The molecule has 0 saturated carbocycles. The van der Waals surface area contributed by atoms with Crippen LogP contribution in [0.5, 0.6) is 11.5 Å². The zero-order valence-corrected chi connectivity index (χ0v) is 20.3. The van der Waals surface area contributed by atoms with E-state index in [2.05, 4.69) is 10.6 Å². The highest BCUT2D eigenvalue weighted by Crippen LogP contribution is 2.39. The lowest BCUT2D eigenvalue weighted by atomic mass is 9.92. The molecule has 4 rings (SSSR count). The van der Waals surface area contributed by atoms with Crippen LogP contribution in [0.1, 0.15) is 38.0 Å². The summed E-state index contributed by atoms with van der Waals surface area (Å²) in [5.74, 6) is 1.09. The third kappa shape index (κ3) is 6.32. The Kier molecular flexibility index (Phi) is 7.12. The minimum absolute atomic E-state index is 0.0326. The van der Waals surface area contributed by atoms with E-state index < -0.39 is 5.25 Å². The van der Waals surface area contributed by atoms with Gasteiger partial charge < -0.3 is 20.1 Å². The van der Waals surface area contributed by atoms with Crippen molar-refractivity contribution in [2.75, 3.05) is 17.4 Å². The van der Waals surface area contributed by atoms with Crippen LogP contribution >= 0.6 is 11.8 Å². The van der Waals surface area contributed by atoms with Gasteiger partial charge in [-0.05, 0) is 41.3 Å². The predicted molar refractivity (Wildman–Crippen MR) is 135 cm³/mol. The summed E-state index contributed by atoms with van der Waals surface area (Å²) in [7, 11) is 0. The van der Waals surface area contributed by atoms with Gasteiger partial charge in [0.2, 0.25) is 18.6 Å². The predicted octanol–water partition coefficient (Wildman–Crippen LogP) is 6.26. The number of amides is 2. The van der Waals surface area contributed by atoms with Crippen LogP contribution in [0.25, 0.3) is 0 Å². The fraction of sp³-hybridized carbons (Fsp3) is 0.259. The molecule has 1 heterocycles. The first-order valence-corrected chi connectivity index (χ1v) is 12.0. The smallest absolute Gasteiger partial charge is 0.242 e. The average Bonchev–Trinajstić information content (AvgIpc) is 3.25. The van der Waals surface area contributed by atoms with Crippen LogP contribution < -0.4 is 20.1 Å². The number of benzene rings is 3. The minimum atomic E-state index is -0.493. The highest BCUT2D eigenvalue weighted by molar-refractivity contribution is 8.00. The van der Waals surface area contributed by atoms with Gasteiger partial charge in [-0.1, -0.05) is 57.2 Å². The van der Waals surface area contributed by atoms with Crippen molar-refractivity contribution in [3.63, 3.8) is 0 Å². The van der Waals surface area contributed by atoms with Crippen molar-refractivity contribution in [1.82, 2.24) is 0 Å². The summed E-state index contributed by atoms with van der Waals surface area (Å²) >= 11 is 1.43. The SMILES string of the molecule is CC(C)(C)CC(=O)Nc1cccc(SC(C(=O)Nc2ccc3c(c2)OCO3)c2ccccc2)c1. The minimum Gasteiger partial charge on any atom is -0.454 e. The average molecular weight is 477 g/mol. The van der Waals surface area contributed by atoms with E-state index in [1.54, 1.807) is 18.2 Å². The van der Waals surface area contributed by atoms with Gasteiger partial charge in [-0.25, -0.2) is 0 Å². The molecule has 0 bridgehead atoms. The fourth-order valence-corrected chi connectivity index (χ4v) is 4.64. The Morgan fingerprint density at radius 1 is 0.882 bits per heavy atom. The Balaban J connectivity index is 1.52. The zero-order chi connectivity index (χ0) is 24.1. The van der Waals surface area contributed by atoms with Crippen molar-refractivity contribution in [2.24, 2.45) is 5.41 Å². The van der Waals surface area contributed by atoms with E-state index in [1.807, 2.05) is 75.4 Å². The Bertz CT molecular complexity index is 1170. The molecule has 34 heavy (non-hydrogen) atoms. The molecular weight excluding hydrogens is 448 g/mol. The summed E-state index contributed by atoms with van der Waals surface area (Å²) in [6, 6.07) is 22.5. The lowest BCUT2D eigenvalue weighted by molar-refractivity contribution is -0.118. The fourth-order valence-electron chi connectivity index (χ4n) is 3.55. The maximum Gasteiger partial charge on any atom is 0.242 e. The van der Waals surface area contributed by atoms with E-state index in [0.717, 1.165) is 10.5 Å². The standard InChI is InChI=1S/C27H28N2O4S/c1-27(2,3)16-24(30)28-19-10-7-11-21(14-19)34-25(18-8-5-4-6-9-18)26(31)29-20-12-13-22-23(15-20)33-17-32-22/h4-15,25H,16-17H2,1-3H3,(H,28,30)(H,29,31). The van der Waals surface area contributed by atoms with Gasteiger partial charge in [0, 0.05) is 28.8 Å². The van der Waals surface area contributed by atoms with Gasteiger partial charge in [-0.3, -0.25) is 9.59 Å². The van der Waals surface area contributed by atoms with Gasteiger partial charge in [-0.2, -0.15) is 0 Å². The van der Waals surface area contributed by atoms with E-state index in [-0.39, 0.29) is 24.0 Å². The monoisotopic (exact) mass is 476 g/mol. The zero-order valence-electron chi connectivity index (χ0n) is 19.5. The molecular formula is C27H28N2O4S. The van der Waals surface area contributed by atoms with Crippen molar-refractivity contribution in [3.05, 3.63) is 78.4 Å². The van der Waals surface area contributed by atoms with E-state index in [9.17, 15) is 9.59 Å². The molecule has 6 nitrogen and oxygen atoms in total. The van der Waals surface area contributed by atoms with E-state index in [0.29, 0.717) is 29.3 Å². The molecule has 176 valence electrons. The van der Waals surface area contributed by atoms with E-state index >= 15 is 0 Å². The molecule has 0 fully saturated rings. The normalized spacial score (nSPS) is 13.3. The molecule has 2 N–H and O–H groups in total. The molecule has 2 amide bonds. The molecule has 1 unspecified atom stereocenters. The van der Waals surface area contributed by atoms with Crippen molar-refractivity contribution >= 4 is 35.0 Å². The Hall–Kier alpha value is -3.45. The molecule has 3 aromatic rings. The van der Waals surface area contributed by atoms with E-state index in [1.165, 1.54) is 11.8 Å². The van der Waals surface area contributed by atoms with Crippen LogP contribution in [0.15, 0.2) is 77.7 Å². The number of rotatable bonds is 7. The van der Waals surface area contributed by atoms with Crippen LogP contribution in [0.4, 0.5) is 11.4 Å². The number of anilines is 2. The van der Waals surface area contributed by atoms with Gasteiger partial charge in [0.1, 0.15) is 5.25 Å². The van der Waals surface area contributed by atoms with Crippen LogP contribution in [-0.4, -0.2) is 18.6 Å². The van der Waals surface area contributed by atoms with Crippen LogP contribution in [0.2, 0.25) is 0 Å². The summed E-state index contributed by atoms with van der Waals surface area (Å²) in [6.07, 6.45) is 0.426. The summed E-state index contributed by atoms with van der Waals surface area (Å²) in [5, 5.41) is 5.47. The second kappa shape index (κ2) is 10.2. The second-order valence-corrected chi connectivity index (χ2v) is 10.5. The molecule has 0 aromatic heterocycles. The van der Waals surface area contributed by atoms with Crippen LogP contribution in [0, 0.1) is 5.41 Å². The van der Waals surface area contributed by atoms with Gasteiger partial charge >= 0.3 is 0 Å². The lowest BCUT2D eigenvalue weighted by Crippen LogP contribution is -2.20. The number of ether oxygens (including phenoxy) is 2. The summed E-state index contributed by atoms with van der Waals surface area (Å²) < 4.78 is 10.8. The first-order chi connectivity index (χ1) is 16.3. The molecule has 0 aliphatic carbocycles. The van der Waals surface area contributed by atoms with Crippen molar-refractivity contribution in [2.45, 2.75) is 37.3 Å². The maximum absolute atomic E-state index is 13.4. The molecule has 1 atom stereocenters. The first kappa shape index (κ1) is 23.7. The summed E-state index contributed by atoms with van der Waals surface area (Å²) in [4.78, 5) is 26.6. The number of hydrogen-bond acceptors (Lipinski definition) is 5. The number of nitrogens with one attached hydrogen (secondary N) is 2. The number of thioether (sulfide) groups is 1. The largest absolute Gasteiger partial charge is 0.454 e. The Morgan fingerprint density at radius 3 is 2.38 bits per heavy atom. The number of carbonyl (C=O) groups is 2. The molecule has 1 aliphatic heterocycles. The Morgan fingerprint density at radius 2 is 1.62 bits per heavy atom. The van der Waals surface area contributed by atoms with Gasteiger partial charge in [0.15, 0.2) is 11.5 Å². The molecule has 7 heteroatoms. The molecule has 3 aromatic carbocycles. The number of fused-ring (bicyclic) bond motifs is 1. The summed E-state index contributed by atoms with van der Waals surface area (Å²) in [5.41, 5.74) is 2.14. The van der Waals surface area contributed by atoms with Crippen molar-refractivity contribution in [1.29, 1.82) is 0 Å². The highest BCUT2D eigenvalue weighted by atomic mass is 32.2. The topological polar surface area (TPSA) is 76.7 Å². The molecule has 0 radical (unpaired) electrons.